The van der Waals surface area contributed by atoms with Crippen LogP contribution in [0.2, 0.25) is 0 Å². The minimum Gasteiger partial charge on any atom is -0.358 e. The molecule has 1 heteroatoms. The van der Waals surface area contributed by atoms with Crippen molar-refractivity contribution in [1.29, 1.82) is 0 Å². The van der Waals surface area contributed by atoms with Gasteiger partial charge < -0.3 is 14.9 Å². The van der Waals surface area contributed by atoms with E-state index < -0.39 is 0 Å². The van der Waals surface area contributed by atoms with Crippen molar-refractivity contribution in [3.63, 3.8) is 0 Å². The van der Waals surface area contributed by atoms with E-state index in [1.54, 1.807) is 11.1 Å². The third-order valence-corrected chi connectivity index (χ3v) is 5.89. The summed E-state index contributed by atoms with van der Waals surface area (Å²) in [6.45, 7) is 22.3. The first-order valence-electron chi connectivity index (χ1n) is 8.62. The zero-order valence-corrected chi connectivity index (χ0v) is 21.4. The van der Waals surface area contributed by atoms with Gasteiger partial charge in [0.2, 0.25) is 0 Å². The predicted octanol–water partition coefficient (Wildman–Crippen LogP) is 7.30. The average Bonchev–Trinajstić information content (AvgIpc) is 2.81. The van der Waals surface area contributed by atoms with Gasteiger partial charge in [-0.25, -0.2) is 0 Å². The van der Waals surface area contributed by atoms with E-state index in [4.69, 9.17) is 0 Å². The Bertz CT molecular complexity index is 541. The zero-order valence-electron chi connectivity index (χ0n) is 18.9. The third kappa shape index (κ3) is 5.78. The van der Waals surface area contributed by atoms with Gasteiger partial charge in [-0.1, -0.05) is 82.1 Å². The van der Waals surface area contributed by atoms with Gasteiger partial charge in [0.25, 0.3) is 0 Å². The fourth-order valence-electron chi connectivity index (χ4n) is 3.65. The summed E-state index contributed by atoms with van der Waals surface area (Å²) in [5, 5.41) is 0. The van der Waals surface area contributed by atoms with E-state index in [1.165, 1.54) is 57.3 Å². The molecular formula is C24H40Zr. The second kappa shape index (κ2) is 12.1. The SMILES string of the molecule is CCc1c(C)c(C)c(C)[c-]1C.CCc1c(C)c(C)c(C)[c-]1C.[CH3-].[CH3-].[Zr+4]. The van der Waals surface area contributed by atoms with Gasteiger partial charge in [-0.15, -0.1) is 0 Å². The first-order chi connectivity index (χ1) is 10.2. The van der Waals surface area contributed by atoms with Crippen LogP contribution in [0.3, 0.4) is 0 Å². The molecule has 0 unspecified atom stereocenters. The van der Waals surface area contributed by atoms with Crippen LogP contribution in [0, 0.1) is 70.2 Å². The summed E-state index contributed by atoms with van der Waals surface area (Å²) in [5.41, 5.74) is 15.1. The molecule has 2 rings (SSSR count). The maximum atomic E-state index is 2.23. The summed E-state index contributed by atoms with van der Waals surface area (Å²) in [6, 6.07) is 0. The molecule has 0 atom stereocenters. The van der Waals surface area contributed by atoms with Crippen molar-refractivity contribution in [1.82, 2.24) is 0 Å². The van der Waals surface area contributed by atoms with Gasteiger partial charge >= 0.3 is 26.2 Å². The molecule has 0 amide bonds. The molecule has 2 aromatic rings. The Morgan fingerprint density at radius 1 is 0.560 bits per heavy atom. The minimum atomic E-state index is 0. The molecule has 0 aliphatic rings. The van der Waals surface area contributed by atoms with E-state index in [-0.39, 0.29) is 41.1 Å². The average molecular weight is 420 g/mol. The minimum absolute atomic E-state index is 0. The first-order valence-corrected chi connectivity index (χ1v) is 8.62. The van der Waals surface area contributed by atoms with Crippen molar-refractivity contribution < 1.29 is 26.2 Å². The molecule has 0 N–H and O–H groups in total. The fourth-order valence-corrected chi connectivity index (χ4v) is 3.65. The van der Waals surface area contributed by atoms with Gasteiger partial charge in [0.15, 0.2) is 0 Å². The predicted molar refractivity (Wildman–Crippen MR) is 114 cm³/mol. The van der Waals surface area contributed by atoms with Gasteiger partial charge in [0, 0.05) is 0 Å². The van der Waals surface area contributed by atoms with Crippen LogP contribution in [0.25, 0.3) is 0 Å². The Labute approximate surface area is 178 Å². The Morgan fingerprint density at radius 3 is 0.880 bits per heavy atom. The Balaban J connectivity index is -0.000000346. The number of rotatable bonds is 2. The molecule has 0 aliphatic carbocycles. The summed E-state index contributed by atoms with van der Waals surface area (Å²) < 4.78 is 0. The van der Waals surface area contributed by atoms with E-state index in [0.717, 1.165) is 0 Å². The van der Waals surface area contributed by atoms with Crippen molar-refractivity contribution in [2.24, 2.45) is 0 Å². The van der Waals surface area contributed by atoms with Crippen molar-refractivity contribution in [3.05, 3.63) is 70.5 Å². The molecule has 2 aromatic carbocycles. The molecule has 0 aromatic heterocycles. The van der Waals surface area contributed by atoms with Gasteiger partial charge in [-0.2, -0.15) is 55.6 Å². The van der Waals surface area contributed by atoms with Gasteiger partial charge in [-0.05, 0) is 0 Å². The molecule has 0 nitrogen and oxygen atoms in total. The number of hydrogen-bond acceptors (Lipinski definition) is 0. The van der Waals surface area contributed by atoms with Gasteiger partial charge in [0.1, 0.15) is 0 Å². The van der Waals surface area contributed by atoms with E-state index in [9.17, 15) is 0 Å². The molecule has 0 aliphatic heterocycles. The van der Waals surface area contributed by atoms with E-state index in [1.807, 2.05) is 0 Å². The maximum absolute atomic E-state index is 2.23. The largest absolute Gasteiger partial charge is 4.00 e. The van der Waals surface area contributed by atoms with Crippen LogP contribution in [0.5, 0.6) is 0 Å². The molecule has 0 fully saturated rings. The van der Waals surface area contributed by atoms with Crippen LogP contribution in [0.4, 0.5) is 0 Å². The normalized spacial score (nSPS) is 9.36. The number of hydrogen-bond donors (Lipinski definition) is 0. The summed E-state index contributed by atoms with van der Waals surface area (Å²) in [6.07, 6.45) is 2.35. The Kier molecular flexibility index (Phi) is 14.2. The topological polar surface area (TPSA) is 0 Å². The van der Waals surface area contributed by atoms with Crippen LogP contribution >= 0.6 is 0 Å². The van der Waals surface area contributed by atoms with Gasteiger partial charge in [0.05, 0.1) is 0 Å². The second-order valence-corrected chi connectivity index (χ2v) is 6.66. The molecular weight excluding hydrogens is 379 g/mol. The van der Waals surface area contributed by atoms with Crippen LogP contribution in [-0.2, 0) is 39.0 Å². The summed E-state index contributed by atoms with van der Waals surface area (Å²) in [5.74, 6) is 0. The van der Waals surface area contributed by atoms with Crippen molar-refractivity contribution in [2.45, 2.75) is 82.1 Å². The second-order valence-electron chi connectivity index (χ2n) is 6.66. The van der Waals surface area contributed by atoms with Crippen LogP contribution in [-0.4, -0.2) is 0 Å². The summed E-state index contributed by atoms with van der Waals surface area (Å²) in [7, 11) is 0. The van der Waals surface area contributed by atoms with Crippen LogP contribution < -0.4 is 0 Å². The molecule has 140 valence electrons. The Morgan fingerprint density at radius 2 is 0.800 bits per heavy atom. The molecule has 0 heterocycles. The zero-order chi connectivity index (χ0) is 17.2. The molecule has 0 bridgehead atoms. The van der Waals surface area contributed by atoms with Crippen LogP contribution in [0.15, 0.2) is 0 Å². The fraction of sp³-hybridized carbons (Fsp3) is 0.500. The standard InChI is InChI=1S/2C11H17.2CH3.Zr/c2*1-6-11-9(4)7(2)8(3)10(11)5;;;/h2*6H2,1-5H3;2*1H3;/q4*-1;+4. The monoisotopic (exact) mass is 418 g/mol. The quantitative estimate of drug-likeness (QED) is 0.448. The van der Waals surface area contributed by atoms with Crippen molar-refractivity contribution in [3.8, 4) is 0 Å². The first kappa shape index (κ1) is 29.4. The summed E-state index contributed by atoms with van der Waals surface area (Å²) in [4.78, 5) is 0. The molecule has 25 heavy (non-hydrogen) atoms. The van der Waals surface area contributed by atoms with E-state index in [2.05, 4.69) is 69.2 Å². The molecule has 0 saturated carbocycles. The van der Waals surface area contributed by atoms with E-state index >= 15 is 0 Å². The molecule has 0 spiro atoms. The summed E-state index contributed by atoms with van der Waals surface area (Å²) >= 11 is 0. The smallest absolute Gasteiger partial charge is 0.358 e. The van der Waals surface area contributed by atoms with Crippen molar-refractivity contribution >= 4 is 0 Å². The van der Waals surface area contributed by atoms with E-state index in [0.29, 0.717) is 0 Å². The molecule has 0 saturated heterocycles. The van der Waals surface area contributed by atoms with Crippen molar-refractivity contribution in [2.75, 3.05) is 0 Å². The van der Waals surface area contributed by atoms with Crippen LogP contribution in [0.1, 0.15) is 69.5 Å². The molecule has 0 radical (unpaired) electrons. The van der Waals surface area contributed by atoms with Gasteiger partial charge in [-0.3, -0.25) is 0 Å². The maximum Gasteiger partial charge on any atom is 4.00 e. The Hall–Kier alpha value is -0.417. The third-order valence-electron chi connectivity index (χ3n) is 5.89.